The number of fused-ring (bicyclic) bond motifs is 1. The first kappa shape index (κ1) is 11.5. The maximum Gasteiger partial charge on any atom is 0.245 e. The molecule has 1 aliphatic rings. The Bertz CT molecular complexity index is 390. The van der Waals surface area contributed by atoms with E-state index < -0.39 is 5.54 Å². The van der Waals surface area contributed by atoms with Gasteiger partial charge in [-0.25, -0.2) is 4.98 Å². The number of hydrogen-bond donors (Lipinski definition) is 2. The van der Waals surface area contributed by atoms with Gasteiger partial charge in [0.1, 0.15) is 0 Å². The van der Waals surface area contributed by atoms with Crippen LogP contribution < -0.4 is 10.6 Å². The van der Waals surface area contributed by atoms with Crippen LogP contribution in [-0.4, -0.2) is 23.5 Å². The number of aromatic nitrogens is 1. The van der Waals surface area contributed by atoms with Crippen LogP contribution in [0, 0.1) is 0 Å². The van der Waals surface area contributed by atoms with Gasteiger partial charge in [-0.2, -0.15) is 0 Å². The fourth-order valence-corrected chi connectivity index (χ4v) is 2.66. The summed E-state index contributed by atoms with van der Waals surface area (Å²) < 4.78 is 0. The quantitative estimate of drug-likeness (QED) is 0.842. The van der Waals surface area contributed by atoms with E-state index in [9.17, 15) is 4.79 Å². The molecule has 0 saturated carbocycles. The zero-order chi connectivity index (χ0) is 11.8. The van der Waals surface area contributed by atoms with E-state index in [1.165, 1.54) is 17.0 Å². The smallest absolute Gasteiger partial charge is 0.245 e. The number of aryl methyl sites for hydroxylation is 2. The number of nitrogens with zero attached hydrogens (tertiary/aromatic N) is 1. The summed E-state index contributed by atoms with van der Waals surface area (Å²) in [5.41, 5.74) is 0.610. The molecule has 1 heterocycles. The first-order valence-corrected chi connectivity index (χ1v) is 6.33. The fraction of sp³-hybridized carbons (Fsp3) is 0.636. The summed E-state index contributed by atoms with van der Waals surface area (Å²) in [4.78, 5) is 17.7. The minimum absolute atomic E-state index is 0.0394. The predicted molar refractivity (Wildman–Crippen MR) is 65.9 cm³/mol. The van der Waals surface area contributed by atoms with Gasteiger partial charge >= 0.3 is 0 Å². The first-order chi connectivity index (χ1) is 7.53. The molecule has 0 atom stereocenters. The van der Waals surface area contributed by atoms with Gasteiger partial charge in [-0.3, -0.25) is 4.79 Å². The number of thiazole rings is 1. The van der Waals surface area contributed by atoms with Crippen molar-refractivity contribution in [3.05, 3.63) is 10.6 Å². The normalized spacial score (nSPS) is 14.9. The van der Waals surface area contributed by atoms with Crippen molar-refractivity contribution in [1.82, 2.24) is 10.3 Å². The molecule has 1 aromatic rings. The van der Waals surface area contributed by atoms with Gasteiger partial charge in [0.05, 0.1) is 11.2 Å². The van der Waals surface area contributed by atoms with Crippen molar-refractivity contribution in [2.24, 2.45) is 0 Å². The van der Waals surface area contributed by atoms with E-state index in [2.05, 4.69) is 15.6 Å². The lowest BCUT2D eigenvalue weighted by molar-refractivity contribution is -0.121. The van der Waals surface area contributed by atoms with E-state index in [0.29, 0.717) is 0 Å². The summed E-state index contributed by atoms with van der Waals surface area (Å²) in [5, 5.41) is 6.58. The van der Waals surface area contributed by atoms with Crippen molar-refractivity contribution < 1.29 is 4.79 Å². The molecule has 88 valence electrons. The van der Waals surface area contributed by atoms with Crippen LogP contribution in [-0.2, 0) is 17.6 Å². The van der Waals surface area contributed by atoms with E-state index in [4.69, 9.17) is 0 Å². The maximum absolute atomic E-state index is 11.9. The summed E-state index contributed by atoms with van der Waals surface area (Å²) in [6.45, 7) is 3.70. The van der Waals surface area contributed by atoms with Crippen molar-refractivity contribution in [2.45, 2.75) is 38.6 Å². The van der Waals surface area contributed by atoms with Gasteiger partial charge in [0.2, 0.25) is 5.91 Å². The highest BCUT2D eigenvalue weighted by atomic mass is 32.1. The third-order valence-corrected chi connectivity index (χ3v) is 4.08. The fourth-order valence-electron chi connectivity index (χ4n) is 1.61. The second kappa shape index (κ2) is 4.14. The largest absolute Gasteiger partial charge is 0.307 e. The van der Waals surface area contributed by atoms with E-state index in [1.807, 2.05) is 13.8 Å². The molecule has 16 heavy (non-hydrogen) atoms. The van der Waals surface area contributed by atoms with E-state index in [1.54, 1.807) is 18.4 Å². The number of carbonyl (C=O) groups is 1. The Hall–Kier alpha value is -0.940. The average molecular weight is 239 g/mol. The topological polar surface area (TPSA) is 54.0 Å². The Morgan fingerprint density at radius 3 is 2.81 bits per heavy atom. The Balaban J connectivity index is 2.07. The number of carbonyl (C=O) groups excluding carboxylic acids is 1. The molecule has 5 heteroatoms. The number of anilines is 1. The molecule has 0 radical (unpaired) electrons. The lowest BCUT2D eigenvalue weighted by atomic mass is 10.1. The molecule has 1 aliphatic carbocycles. The number of nitrogens with one attached hydrogen (secondary N) is 2. The highest BCUT2D eigenvalue weighted by Crippen LogP contribution is 2.30. The molecule has 0 bridgehead atoms. The summed E-state index contributed by atoms with van der Waals surface area (Å²) in [6, 6.07) is 0. The molecule has 0 unspecified atom stereocenters. The van der Waals surface area contributed by atoms with Crippen LogP contribution in [0.15, 0.2) is 0 Å². The monoisotopic (exact) mass is 239 g/mol. The number of hydrogen-bond acceptors (Lipinski definition) is 4. The summed E-state index contributed by atoms with van der Waals surface area (Å²) in [6.07, 6.45) is 3.36. The Morgan fingerprint density at radius 2 is 2.19 bits per heavy atom. The van der Waals surface area contributed by atoms with E-state index >= 15 is 0 Å². The summed E-state index contributed by atoms with van der Waals surface area (Å²) >= 11 is 1.61. The molecule has 0 saturated heterocycles. The van der Waals surface area contributed by atoms with E-state index in [0.717, 1.165) is 18.0 Å². The Morgan fingerprint density at radius 1 is 1.44 bits per heavy atom. The van der Waals surface area contributed by atoms with Crippen molar-refractivity contribution in [3.8, 4) is 0 Å². The molecule has 0 fully saturated rings. The molecule has 0 aliphatic heterocycles. The van der Waals surface area contributed by atoms with Gasteiger partial charge in [-0.15, -0.1) is 11.3 Å². The van der Waals surface area contributed by atoms with Crippen LogP contribution in [0.3, 0.4) is 0 Å². The second-order valence-electron chi connectivity index (χ2n) is 4.57. The van der Waals surface area contributed by atoms with Crippen molar-refractivity contribution in [2.75, 3.05) is 12.4 Å². The minimum Gasteiger partial charge on any atom is -0.307 e. The molecule has 0 aromatic carbocycles. The van der Waals surface area contributed by atoms with Gasteiger partial charge < -0.3 is 10.6 Å². The van der Waals surface area contributed by atoms with Crippen molar-refractivity contribution in [3.63, 3.8) is 0 Å². The lowest BCUT2D eigenvalue weighted by Gasteiger charge is -2.21. The van der Waals surface area contributed by atoms with Gasteiger partial charge in [-0.05, 0) is 40.2 Å². The SMILES string of the molecule is CNC(C)(C)C(=O)Nc1nc2c(s1)CCC2. The van der Waals surface area contributed by atoms with Crippen LogP contribution in [0.4, 0.5) is 5.13 Å². The molecule has 2 N–H and O–H groups in total. The lowest BCUT2D eigenvalue weighted by Crippen LogP contribution is -2.47. The third-order valence-electron chi connectivity index (χ3n) is 3.01. The Labute approximate surface area is 99.5 Å². The third kappa shape index (κ3) is 2.10. The highest BCUT2D eigenvalue weighted by Gasteiger charge is 2.27. The van der Waals surface area contributed by atoms with Crippen LogP contribution >= 0.6 is 11.3 Å². The second-order valence-corrected chi connectivity index (χ2v) is 5.66. The summed E-state index contributed by atoms with van der Waals surface area (Å²) in [7, 11) is 1.78. The average Bonchev–Trinajstić information content (AvgIpc) is 2.77. The number of likely N-dealkylation sites (N-methyl/N-ethyl adjacent to an activating group) is 1. The summed E-state index contributed by atoms with van der Waals surface area (Å²) in [5.74, 6) is -0.0394. The molecule has 1 amide bonds. The zero-order valence-corrected chi connectivity index (χ0v) is 10.7. The molecular formula is C11H17N3OS. The van der Waals surface area contributed by atoms with Crippen molar-refractivity contribution >= 4 is 22.4 Å². The number of rotatable bonds is 3. The van der Waals surface area contributed by atoms with Crippen LogP contribution in [0.2, 0.25) is 0 Å². The maximum atomic E-state index is 11.9. The van der Waals surface area contributed by atoms with Gasteiger partial charge in [0.25, 0.3) is 0 Å². The molecule has 2 rings (SSSR count). The molecular weight excluding hydrogens is 222 g/mol. The molecule has 4 nitrogen and oxygen atoms in total. The van der Waals surface area contributed by atoms with Crippen LogP contribution in [0.25, 0.3) is 0 Å². The predicted octanol–water partition coefficient (Wildman–Crippen LogP) is 1.57. The van der Waals surface area contributed by atoms with E-state index in [-0.39, 0.29) is 5.91 Å². The first-order valence-electron chi connectivity index (χ1n) is 5.52. The van der Waals surface area contributed by atoms with Crippen molar-refractivity contribution in [1.29, 1.82) is 0 Å². The van der Waals surface area contributed by atoms with Crippen LogP contribution in [0.1, 0.15) is 30.8 Å². The van der Waals surface area contributed by atoms with Gasteiger partial charge in [0.15, 0.2) is 5.13 Å². The Kier molecular flexibility index (Phi) is 2.99. The van der Waals surface area contributed by atoms with Gasteiger partial charge in [-0.1, -0.05) is 0 Å². The van der Waals surface area contributed by atoms with Crippen LogP contribution in [0.5, 0.6) is 0 Å². The zero-order valence-electron chi connectivity index (χ0n) is 9.89. The standard InChI is InChI=1S/C11H17N3OS/c1-11(2,12-3)9(15)14-10-13-7-5-4-6-8(7)16-10/h12H,4-6H2,1-3H3,(H,13,14,15). The molecule has 1 aromatic heterocycles. The highest BCUT2D eigenvalue weighted by molar-refractivity contribution is 7.15. The number of amides is 1. The minimum atomic E-state index is -0.559. The molecule has 0 spiro atoms. The van der Waals surface area contributed by atoms with Gasteiger partial charge in [0, 0.05) is 4.88 Å².